The van der Waals surface area contributed by atoms with Crippen LogP contribution in [-0.2, 0) is 0 Å². The number of nitrogens with one attached hydrogen (secondary N) is 1. The monoisotopic (exact) mass is 333 g/mol. The lowest BCUT2D eigenvalue weighted by Crippen LogP contribution is -2.23. The summed E-state index contributed by atoms with van der Waals surface area (Å²) in [5, 5.41) is 1.66. The first-order valence-corrected chi connectivity index (χ1v) is 7.93. The van der Waals surface area contributed by atoms with E-state index >= 15 is 0 Å². The Morgan fingerprint density at radius 1 is 1.12 bits per heavy atom. The molecule has 25 heavy (non-hydrogen) atoms. The molecule has 0 aliphatic heterocycles. The van der Waals surface area contributed by atoms with E-state index in [-0.39, 0.29) is 5.78 Å². The van der Waals surface area contributed by atoms with Gasteiger partial charge in [-0.15, -0.1) is 0 Å². The van der Waals surface area contributed by atoms with E-state index in [9.17, 15) is 9.59 Å². The first-order chi connectivity index (χ1) is 12.1. The first-order valence-electron chi connectivity index (χ1n) is 7.93. The molecule has 0 fully saturated rings. The Balaban J connectivity index is 1.62. The largest absolute Gasteiger partial charge is 0.482 e. The summed E-state index contributed by atoms with van der Waals surface area (Å²) in [6.45, 7) is 1.70. The molecule has 5 heteroatoms. The fourth-order valence-electron chi connectivity index (χ4n) is 2.87. The van der Waals surface area contributed by atoms with Crippen LogP contribution in [0, 0.1) is 0 Å². The molecule has 4 aromatic rings. The number of carbonyl (C=O) groups is 1. The van der Waals surface area contributed by atoms with E-state index in [2.05, 4.69) is 4.98 Å². The van der Waals surface area contributed by atoms with Crippen molar-refractivity contribution in [3.05, 3.63) is 76.8 Å². The molecule has 1 atom stereocenters. The molecule has 0 saturated heterocycles. The number of aromatic nitrogens is 1. The lowest BCUT2D eigenvalue weighted by Gasteiger charge is -2.13. The fourth-order valence-corrected chi connectivity index (χ4v) is 2.87. The Morgan fingerprint density at radius 3 is 2.80 bits per heavy atom. The van der Waals surface area contributed by atoms with Crippen LogP contribution in [0.1, 0.15) is 17.3 Å². The van der Waals surface area contributed by atoms with Crippen molar-refractivity contribution in [2.75, 3.05) is 0 Å². The van der Waals surface area contributed by atoms with Gasteiger partial charge >= 0.3 is 5.63 Å². The maximum atomic E-state index is 12.7. The average Bonchev–Trinajstić information content (AvgIpc) is 3.04. The summed E-state index contributed by atoms with van der Waals surface area (Å²) in [5.41, 5.74) is 1.50. The maximum Gasteiger partial charge on any atom is 0.336 e. The fraction of sp³-hybridized carbons (Fsp3) is 0.100. The molecule has 124 valence electrons. The number of hydrogen-bond donors (Lipinski definition) is 1. The van der Waals surface area contributed by atoms with Gasteiger partial charge in [0.25, 0.3) is 0 Å². The van der Waals surface area contributed by atoms with Crippen LogP contribution < -0.4 is 10.4 Å². The van der Waals surface area contributed by atoms with E-state index < -0.39 is 11.7 Å². The zero-order valence-corrected chi connectivity index (χ0v) is 13.5. The van der Waals surface area contributed by atoms with Gasteiger partial charge in [-0.1, -0.05) is 18.2 Å². The Bertz CT molecular complexity index is 1140. The third-order valence-corrected chi connectivity index (χ3v) is 4.13. The molecule has 2 aromatic carbocycles. The Hall–Kier alpha value is -3.34. The molecule has 0 bridgehead atoms. The van der Waals surface area contributed by atoms with Gasteiger partial charge in [0.2, 0.25) is 5.78 Å². The van der Waals surface area contributed by atoms with Gasteiger partial charge in [0.05, 0.1) is 0 Å². The maximum absolute atomic E-state index is 12.7. The predicted molar refractivity (Wildman–Crippen MR) is 95.2 cm³/mol. The summed E-state index contributed by atoms with van der Waals surface area (Å²) >= 11 is 0. The molecule has 1 N–H and O–H groups in total. The number of H-pyrrole nitrogens is 1. The standard InChI is InChI=1S/C20H15NO4/c1-12(20(23)16-11-21-17-5-3-2-4-15(16)17)24-14-8-6-13-7-9-19(22)25-18(13)10-14/h2-12,21H,1H3. The number of hydrogen-bond acceptors (Lipinski definition) is 4. The van der Waals surface area contributed by atoms with Gasteiger partial charge in [-0.25, -0.2) is 4.79 Å². The Morgan fingerprint density at radius 2 is 1.92 bits per heavy atom. The molecule has 1 unspecified atom stereocenters. The van der Waals surface area contributed by atoms with Crippen molar-refractivity contribution in [3.63, 3.8) is 0 Å². The summed E-state index contributed by atoms with van der Waals surface area (Å²) in [7, 11) is 0. The lowest BCUT2D eigenvalue weighted by atomic mass is 10.1. The van der Waals surface area contributed by atoms with Gasteiger partial charge < -0.3 is 14.1 Å². The molecule has 0 aliphatic carbocycles. The predicted octanol–water partition coefficient (Wildman–Crippen LogP) is 3.92. The number of fused-ring (bicyclic) bond motifs is 2. The molecule has 0 amide bonds. The van der Waals surface area contributed by atoms with Crippen molar-refractivity contribution >= 4 is 27.7 Å². The molecular weight excluding hydrogens is 318 g/mol. The highest BCUT2D eigenvalue weighted by Gasteiger charge is 2.20. The summed E-state index contributed by atoms with van der Waals surface area (Å²) in [6.07, 6.45) is 1.03. The highest BCUT2D eigenvalue weighted by molar-refractivity contribution is 6.09. The molecule has 0 radical (unpaired) electrons. The highest BCUT2D eigenvalue weighted by atomic mass is 16.5. The molecule has 5 nitrogen and oxygen atoms in total. The van der Waals surface area contributed by atoms with E-state index in [4.69, 9.17) is 9.15 Å². The van der Waals surface area contributed by atoms with E-state index in [0.717, 1.165) is 16.3 Å². The number of carbonyl (C=O) groups excluding carboxylic acids is 1. The molecule has 0 saturated carbocycles. The van der Waals surface area contributed by atoms with Crippen molar-refractivity contribution < 1.29 is 13.9 Å². The molecule has 2 aromatic heterocycles. The summed E-state index contributed by atoms with van der Waals surface area (Å²) < 4.78 is 10.9. The summed E-state index contributed by atoms with van der Waals surface area (Å²) in [6, 6.07) is 15.8. The van der Waals surface area contributed by atoms with Gasteiger partial charge in [-0.05, 0) is 31.2 Å². The molecule has 4 rings (SSSR count). The number of rotatable bonds is 4. The number of benzene rings is 2. The second kappa shape index (κ2) is 5.94. The Labute approximate surface area is 142 Å². The summed E-state index contributed by atoms with van der Waals surface area (Å²) in [5.74, 6) is 0.356. The van der Waals surface area contributed by atoms with Crippen molar-refractivity contribution in [3.8, 4) is 5.75 Å². The zero-order chi connectivity index (χ0) is 17.4. The van der Waals surface area contributed by atoms with E-state index in [1.165, 1.54) is 6.07 Å². The van der Waals surface area contributed by atoms with Crippen LogP contribution in [-0.4, -0.2) is 16.9 Å². The number of para-hydroxylation sites is 1. The third kappa shape index (κ3) is 2.80. The van der Waals surface area contributed by atoms with Crippen molar-refractivity contribution in [2.45, 2.75) is 13.0 Å². The van der Waals surface area contributed by atoms with Gasteiger partial charge in [0.1, 0.15) is 11.3 Å². The lowest BCUT2D eigenvalue weighted by molar-refractivity contribution is 0.0820. The van der Waals surface area contributed by atoms with E-state index in [1.807, 2.05) is 24.3 Å². The minimum absolute atomic E-state index is 0.118. The van der Waals surface area contributed by atoms with E-state index in [0.29, 0.717) is 16.9 Å². The number of aromatic amines is 1. The van der Waals surface area contributed by atoms with Gasteiger partial charge in [0, 0.05) is 40.2 Å². The highest BCUT2D eigenvalue weighted by Crippen LogP contribution is 2.23. The van der Waals surface area contributed by atoms with Crippen LogP contribution in [0.15, 0.2) is 70.0 Å². The van der Waals surface area contributed by atoms with Crippen molar-refractivity contribution in [1.82, 2.24) is 4.98 Å². The van der Waals surface area contributed by atoms with Crippen molar-refractivity contribution in [2.24, 2.45) is 0 Å². The van der Waals surface area contributed by atoms with Crippen molar-refractivity contribution in [1.29, 1.82) is 0 Å². The zero-order valence-electron chi connectivity index (χ0n) is 13.5. The second-order valence-electron chi connectivity index (χ2n) is 5.83. The normalized spacial score (nSPS) is 12.4. The molecule has 0 spiro atoms. The second-order valence-corrected chi connectivity index (χ2v) is 5.83. The topological polar surface area (TPSA) is 72.3 Å². The number of ether oxygens (including phenoxy) is 1. The molecule has 0 aliphatic rings. The van der Waals surface area contributed by atoms with Crippen LogP contribution >= 0.6 is 0 Å². The van der Waals surface area contributed by atoms with Crippen LogP contribution in [0.2, 0.25) is 0 Å². The third-order valence-electron chi connectivity index (χ3n) is 4.13. The van der Waals surface area contributed by atoms with Crippen LogP contribution in [0.4, 0.5) is 0 Å². The Kier molecular flexibility index (Phi) is 3.61. The smallest absolute Gasteiger partial charge is 0.336 e. The minimum Gasteiger partial charge on any atom is -0.482 e. The van der Waals surface area contributed by atoms with Crippen LogP contribution in [0.25, 0.3) is 21.9 Å². The van der Waals surface area contributed by atoms with Gasteiger partial charge in [-0.3, -0.25) is 4.79 Å². The number of Topliss-reactive ketones (excluding diaryl/α,β-unsaturated/α-hetero) is 1. The minimum atomic E-state index is -0.674. The van der Waals surface area contributed by atoms with E-state index in [1.54, 1.807) is 37.4 Å². The quantitative estimate of drug-likeness (QED) is 0.454. The molecular formula is C20H15NO4. The van der Waals surface area contributed by atoms with Gasteiger partial charge in [0.15, 0.2) is 6.10 Å². The average molecular weight is 333 g/mol. The first kappa shape index (κ1) is 15.2. The van der Waals surface area contributed by atoms with Crippen LogP contribution in [0.5, 0.6) is 5.75 Å². The van der Waals surface area contributed by atoms with Gasteiger partial charge in [-0.2, -0.15) is 0 Å². The molecule has 2 heterocycles. The SMILES string of the molecule is CC(Oc1ccc2ccc(=O)oc2c1)C(=O)c1c[nH]c2ccccc12. The van der Waals surface area contributed by atoms with Crippen LogP contribution in [0.3, 0.4) is 0 Å². The summed E-state index contributed by atoms with van der Waals surface area (Å²) in [4.78, 5) is 27.2. The number of ketones is 1.